The first-order valence-corrected chi connectivity index (χ1v) is 8.14. The van der Waals surface area contributed by atoms with Gasteiger partial charge in [-0.15, -0.1) is 24.0 Å². The molecule has 5 nitrogen and oxygen atoms in total. The topological polar surface area (TPSA) is 53.9 Å². The number of hydrogen-bond donors (Lipinski definition) is 1. The van der Waals surface area contributed by atoms with Crippen LogP contribution >= 0.6 is 24.0 Å². The van der Waals surface area contributed by atoms with Gasteiger partial charge in [0, 0.05) is 26.7 Å². The fourth-order valence-electron chi connectivity index (χ4n) is 3.04. The number of ether oxygens (including phenoxy) is 1. The van der Waals surface area contributed by atoms with Crippen LogP contribution < -0.4 is 5.32 Å². The molecule has 1 aromatic rings. The third-order valence-corrected chi connectivity index (χ3v) is 4.48. The molecule has 2 rings (SSSR count). The van der Waals surface area contributed by atoms with E-state index in [1.807, 2.05) is 0 Å². The maximum absolute atomic E-state index is 11.6. The Bertz CT molecular complexity index is 582. The Morgan fingerprint density at radius 2 is 2.00 bits per heavy atom. The molecule has 134 valence electrons. The van der Waals surface area contributed by atoms with Crippen molar-refractivity contribution in [3.05, 3.63) is 34.9 Å². The molecule has 0 bridgehead atoms. The van der Waals surface area contributed by atoms with E-state index in [4.69, 9.17) is 4.74 Å². The summed E-state index contributed by atoms with van der Waals surface area (Å²) in [6, 6.07) is 6.49. The number of carbonyl (C=O) groups is 1. The van der Waals surface area contributed by atoms with E-state index in [2.05, 4.69) is 47.3 Å². The minimum Gasteiger partial charge on any atom is -0.469 e. The molecule has 0 amide bonds. The van der Waals surface area contributed by atoms with Gasteiger partial charge in [-0.2, -0.15) is 0 Å². The zero-order chi connectivity index (χ0) is 16.8. The van der Waals surface area contributed by atoms with Crippen molar-refractivity contribution in [2.45, 2.75) is 33.2 Å². The lowest BCUT2D eigenvalue weighted by Gasteiger charge is -2.33. The van der Waals surface area contributed by atoms with Gasteiger partial charge in [-0.3, -0.25) is 9.79 Å². The van der Waals surface area contributed by atoms with Crippen LogP contribution in [-0.4, -0.2) is 44.1 Å². The number of aliphatic imine (C=N–C) groups is 1. The molecular weight excluding hydrogens is 417 g/mol. The van der Waals surface area contributed by atoms with Crippen LogP contribution in [0.4, 0.5) is 0 Å². The van der Waals surface area contributed by atoms with Gasteiger partial charge in [0.05, 0.1) is 13.0 Å². The number of aryl methyl sites for hydroxylation is 2. The van der Waals surface area contributed by atoms with Gasteiger partial charge in [-0.05, 0) is 37.8 Å². The quantitative estimate of drug-likeness (QED) is 0.337. The Hall–Kier alpha value is -1.31. The van der Waals surface area contributed by atoms with Crippen molar-refractivity contribution in [2.24, 2.45) is 10.9 Å². The van der Waals surface area contributed by atoms with Crippen LogP contribution in [0, 0.1) is 19.8 Å². The Balaban J connectivity index is 0.00000288. The maximum Gasteiger partial charge on any atom is 0.308 e. The largest absolute Gasteiger partial charge is 0.469 e. The van der Waals surface area contributed by atoms with Gasteiger partial charge in [0.25, 0.3) is 0 Å². The number of methoxy groups -OCH3 is 1. The zero-order valence-electron chi connectivity index (χ0n) is 15.0. The van der Waals surface area contributed by atoms with E-state index in [1.54, 1.807) is 7.05 Å². The number of likely N-dealkylation sites (tertiary alicyclic amines) is 1. The van der Waals surface area contributed by atoms with Crippen molar-refractivity contribution >= 4 is 35.9 Å². The number of nitrogens with zero attached hydrogens (tertiary/aromatic N) is 2. The molecule has 1 aliphatic heterocycles. The SMILES string of the molecule is CN=C(NCc1ccc(C)cc1C)N1CCC(C(=O)OC)CC1.I. The van der Waals surface area contributed by atoms with Crippen LogP contribution in [0.3, 0.4) is 0 Å². The summed E-state index contributed by atoms with van der Waals surface area (Å²) in [6.07, 6.45) is 1.63. The first-order chi connectivity index (χ1) is 11.0. The lowest BCUT2D eigenvalue weighted by atomic mass is 9.97. The Morgan fingerprint density at radius 1 is 1.33 bits per heavy atom. The van der Waals surface area contributed by atoms with Crippen LogP contribution in [-0.2, 0) is 16.1 Å². The average Bonchev–Trinajstić information content (AvgIpc) is 2.57. The molecule has 0 saturated carbocycles. The molecule has 1 N–H and O–H groups in total. The molecule has 0 unspecified atom stereocenters. The summed E-state index contributed by atoms with van der Waals surface area (Å²) in [6.45, 7) is 6.65. The van der Waals surface area contributed by atoms with Gasteiger partial charge in [0.2, 0.25) is 0 Å². The summed E-state index contributed by atoms with van der Waals surface area (Å²) in [5.41, 5.74) is 3.85. The summed E-state index contributed by atoms with van der Waals surface area (Å²) < 4.78 is 4.84. The lowest BCUT2D eigenvalue weighted by molar-refractivity contribution is -0.146. The first kappa shape index (κ1) is 20.7. The number of nitrogens with one attached hydrogen (secondary N) is 1. The summed E-state index contributed by atoms with van der Waals surface area (Å²) in [4.78, 5) is 18.2. The van der Waals surface area contributed by atoms with Crippen molar-refractivity contribution in [1.29, 1.82) is 0 Å². The van der Waals surface area contributed by atoms with Crippen LogP contribution in [0.15, 0.2) is 23.2 Å². The number of guanidine groups is 1. The number of benzene rings is 1. The molecular formula is C18H28IN3O2. The number of esters is 1. The van der Waals surface area contributed by atoms with Gasteiger partial charge in [0.1, 0.15) is 0 Å². The number of rotatable bonds is 3. The van der Waals surface area contributed by atoms with Crippen molar-refractivity contribution < 1.29 is 9.53 Å². The second-order valence-electron chi connectivity index (χ2n) is 6.12. The monoisotopic (exact) mass is 445 g/mol. The number of hydrogen-bond acceptors (Lipinski definition) is 3. The van der Waals surface area contributed by atoms with E-state index in [9.17, 15) is 4.79 Å². The predicted octanol–water partition coefficient (Wildman–Crippen LogP) is 2.88. The van der Waals surface area contributed by atoms with E-state index in [-0.39, 0.29) is 35.9 Å². The molecule has 0 aliphatic carbocycles. The van der Waals surface area contributed by atoms with Crippen molar-refractivity contribution in [3.63, 3.8) is 0 Å². The Morgan fingerprint density at radius 3 is 2.54 bits per heavy atom. The normalized spacial score (nSPS) is 15.7. The summed E-state index contributed by atoms with van der Waals surface area (Å²) in [5, 5.41) is 3.43. The third kappa shape index (κ3) is 5.36. The molecule has 24 heavy (non-hydrogen) atoms. The highest BCUT2D eigenvalue weighted by Gasteiger charge is 2.26. The van der Waals surface area contributed by atoms with Gasteiger partial charge in [-0.25, -0.2) is 0 Å². The molecule has 0 atom stereocenters. The molecule has 0 spiro atoms. The number of halogens is 1. The second kappa shape index (κ2) is 9.86. The average molecular weight is 445 g/mol. The van der Waals surface area contributed by atoms with E-state index in [0.29, 0.717) is 0 Å². The van der Waals surface area contributed by atoms with Gasteiger partial charge in [0.15, 0.2) is 5.96 Å². The maximum atomic E-state index is 11.6. The highest BCUT2D eigenvalue weighted by atomic mass is 127. The molecule has 1 aromatic carbocycles. The number of piperidine rings is 1. The van der Waals surface area contributed by atoms with Crippen molar-refractivity contribution in [2.75, 3.05) is 27.2 Å². The molecule has 6 heteroatoms. The van der Waals surface area contributed by atoms with Crippen LogP contribution in [0.2, 0.25) is 0 Å². The van der Waals surface area contributed by atoms with Crippen LogP contribution in [0.1, 0.15) is 29.5 Å². The zero-order valence-corrected chi connectivity index (χ0v) is 17.3. The van der Waals surface area contributed by atoms with E-state index >= 15 is 0 Å². The molecule has 1 fully saturated rings. The van der Waals surface area contributed by atoms with Gasteiger partial charge >= 0.3 is 5.97 Å². The standard InChI is InChI=1S/C18H27N3O2.HI/c1-13-5-6-16(14(2)11-13)12-20-18(19-3)21-9-7-15(8-10-21)17(22)23-4;/h5-6,11,15H,7-10,12H2,1-4H3,(H,19,20);1H. The van der Waals surface area contributed by atoms with Crippen molar-refractivity contribution in [3.8, 4) is 0 Å². The fraction of sp³-hybridized carbons (Fsp3) is 0.556. The minimum atomic E-state index is -0.0946. The van der Waals surface area contributed by atoms with E-state index < -0.39 is 0 Å². The molecule has 1 saturated heterocycles. The highest BCUT2D eigenvalue weighted by Crippen LogP contribution is 2.18. The third-order valence-electron chi connectivity index (χ3n) is 4.48. The Labute approximate surface area is 161 Å². The fourth-order valence-corrected chi connectivity index (χ4v) is 3.04. The summed E-state index contributed by atoms with van der Waals surface area (Å²) >= 11 is 0. The van der Waals surface area contributed by atoms with E-state index in [1.165, 1.54) is 23.8 Å². The van der Waals surface area contributed by atoms with Gasteiger partial charge in [-0.1, -0.05) is 23.8 Å². The van der Waals surface area contributed by atoms with Crippen molar-refractivity contribution in [1.82, 2.24) is 10.2 Å². The second-order valence-corrected chi connectivity index (χ2v) is 6.12. The molecule has 0 aromatic heterocycles. The molecule has 1 heterocycles. The van der Waals surface area contributed by atoms with Gasteiger partial charge < -0.3 is 15.0 Å². The highest BCUT2D eigenvalue weighted by molar-refractivity contribution is 14.0. The smallest absolute Gasteiger partial charge is 0.308 e. The number of carbonyl (C=O) groups excluding carboxylic acids is 1. The minimum absolute atomic E-state index is 0. The summed E-state index contributed by atoms with van der Waals surface area (Å²) in [5.74, 6) is 0.824. The van der Waals surface area contributed by atoms with Crippen LogP contribution in [0.5, 0.6) is 0 Å². The molecule has 0 radical (unpaired) electrons. The first-order valence-electron chi connectivity index (χ1n) is 8.14. The predicted molar refractivity (Wildman–Crippen MR) is 108 cm³/mol. The molecule has 1 aliphatic rings. The summed E-state index contributed by atoms with van der Waals surface area (Å²) in [7, 11) is 3.26. The van der Waals surface area contributed by atoms with E-state index in [0.717, 1.165) is 38.4 Å². The Kier molecular flexibility index (Phi) is 8.52. The lowest BCUT2D eigenvalue weighted by Crippen LogP contribution is -2.46. The van der Waals surface area contributed by atoms with Crippen LogP contribution in [0.25, 0.3) is 0 Å².